The number of aliphatic carboxylic acids is 1. The van der Waals surface area contributed by atoms with Crippen molar-refractivity contribution in [1.82, 2.24) is 11.3 Å². The predicted molar refractivity (Wildman–Crippen MR) is 63.6 cm³/mol. The van der Waals surface area contributed by atoms with Crippen LogP contribution in [0.25, 0.3) is 0 Å². The lowest BCUT2D eigenvalue weighted by Crippen LogP contribution is -2.30. The van der Waals surface area contributed by atoms with Gasteiger partial charge in [-0.05, 0) is 0 Å². The maximum atomic E-state index is 10.8. The summed E-state index contributed by atoms with van der Waals surface area (Å²) in [6, 6.07) is -0.526. The van der Waals surface area contributed by atoms with Gasteiger partial charge in [0.25, 0.3) is 0 Å². The third kappa shape index (κ3) is 3.38. The minimum atomic E-state index is -0.835. The molecular weight excluding hydrogens is 400 g/mol. The number of halogens is 2. The van der Waals surface area contributed by atoms with Gasteiger partial charge in [0.15, 0.2) is 0 Å². The van der Waals surface area contributed by atoms with Crippen LogP contribution >= 0.6 is 45.7 Å². The second-order valence-electron chi connectivity index (χ2n) is 2.39. The highest BCUT2D eigenvalue weighted by Gasteiger charge is 2.22. The fourth-order valence-electron chi connectivity index (χ4n) is 0.844. The quantitative estimate of drug-likeness (QED) is 0.586. The molecule has 0 bridgehead atoms. The Labute approximate surface area is 103 Å². The molecule has 0 aromatic carbocycles. The summed E-state index contributed by atoms with van der Waals surface area (Å²) in [5.74, 6) is -0.835. The number of nitrogens with zero attached hydrogens (tertiary/aromatic N) is 2. The zero-order valence-corrected chi connectivity index (χ0v) is 10.8. The van der Waals surface area contributed by atoms with E-state index < -0.39 is 12.0 Å². The van der Waals surface area contributed by atoms with Crippen molar-refractivity contribution in [3.8, 4) is 0 Å². The second kappa shape index (κ2) is 5.10. The van der Waals surface area contributed by atoms with Gasteiger partial charge in [-0.1, -0.05) is 0 Å². The number of aromatic nitrogens is 2. The van der Waals surface area contributed by atoms with Crippen LogP contribution in [0, 0.1) is 0 Å². The number of imidazole rings is 1. The van der Waals surface area contributed by atoms with E-state index in [1.165, 1.54) is 0 Å². The van der Waals surface area contributed by atoms with Gasteiger partial charge in [0, 0.05) is 64.0 Å². The number of rotatable bonds is 4. The summed E-state index contributed by atoms with van der Waals surface area (Å²) in [4.78, 5) is 17.5. The van der Waals surface area contributed by atoms with E-state index in [1.54, 1.807) is 13.9 Å². The highest BCUT2D eigenvalue weighted by atomic mass is 127. The summed E-state index contributed by atoms with van der Waals surface area (Å²) in [5.41, 5.74) is 0.825. The van der Waals surface area contributed by atoms with E-state index in [-0.39, 0.29) is 0 Å². The average molecular weight is 407 g/mol. The molecule has 0 radical (unpaired) electrons. The number of hydrogen-bond acceptors (Lipinski definition) is 3. The number of carbonyl (C=O) groups is 1. The van der Waals surface area contributed by atoms with Crippen molar-refractivity contribution in [2.24, 2.45) is 0 Å². The topological polar surface area (TPSA) is 69.2 Å². The molecule has 1 heterocycles. The van der Waals surface area contributed by atoms with Gasteiger partial charge < -0.3 is 10.1 Å². The minimum Gasteiger partial charge on any atom is -0.480 e. The first kappa shape index (κ1) is 11.2. The van der Waals surface area contributed by atoms with Crippen molar-refractivity contribution < 1.29 is 9.90 Å². The van der Waals surface area contributed by atoms with Crippen LogP contribution in [-0.2, 0) is 11.2 Å². The molecule has 0 unspecified atom stereocenters. The summed E-state index contributed by atoms with van der Waals surface area (Å²) >= 11 is 3.90. The molecule has 0 fully saturated rings. The smallest absolute Gasteiger partial charge is 0.323 e. The zero-order chi connectivity index (χ0) is 9.84. The molecule has 0 amide bonds. The number of nitrogens with one attached hydrogen (secondary N) is 1. The van der Waals surface area contributed by atoms with Gasteiger partial charge in [-0.2, -0.15) is 1.33 Å². The second-order valence-corrected chi connectivity index (χ2v) is 6.32. The molecule has 1 rings (SSSR count). The Hall–Kier alpha value is 0.1000. The lowest BCUT2D eigenvalue weighted by Gasteiger charge is -2.14. The summed E-state index contributed by atoms with van der Waals surface area (Å²) < 4.78 is 1.61. The molecule has 2 N–H and O–H groups in total. The Morgan fingerprint density at radius 2 is 2.46 bits per heavy atom. The molecule has 0 saturated carbocycles. The van der Waals surface area contributed by atoms with E-state index in [2.05, 4.69) is 9.97 Å². The number of carboxylic acid groups (broad SMARTS) is 1. The Kier molecular flexibility index (Phi) is 4.38. The third-order valence-electron chi connectivity index (χ3n) is 1.49. The van der Waals surface area contributed by atoms with Gasteiger partial charge in [-0.3, -0.25) is 4.79 Å². The van der Waals surface area contributed by atoms with Gasteiger partial charge in [-0.25, -0.2) is 4.98 Å². The van der Waals surface area contributed by atoms with Gasteiger partial charge in [0.1, 0.15) is 6.04 Å². The molecule has 1 aromatic rings. The molecular formula is C6H7I2N3O2. The van der Waals surface area contributed by atoms with Crippen molar-refractivity contribution >= 4 is 51.7 Å². The predicted octanol–water partition coefficient (Wildman–Crippen LogP) is 1.41. The summed E-state index contributed by atoms with van der Waals surface area (Å²) in [7, 11) is 0. The maximum Gasteiger partial charge on any atom is 0.323 e. The van der Waals surface area contributed by atoms with Crippen LogP contribution in [0.3, 0.4) is 0 Å². The van der Waals surface area contributed by atoms with Gasteiger partial charge in [-0.15, -0.1) is 0 Å². The Morgan fingerprint density at radius 1 is 1.77 bits per heavy atom. The Morgan fingerprint density at radius 3 is 2.85 bits per heavy atom. The molecule has 1 aromatic heterocycles. The van der Waals surface area contributed by atoms with E-state index in [0.29, 0.717) is 6.42 Å². The van der Waals surface area contributed by atoms with E-state index in [9.17, 15) is 4.79 Å². The van der Waals surface area contributed by atoms with Crippen LogP contribution < -0.4 is 0 Å². The van der Waals surface area contributed by atoms with E-state index in [4.69, 9.17) is 5.11 Å². The fourth-order valence-corrected chi connectivity index (χ4v) is 1.71. The molecule has 0 spiro atoms. The molecule has 13 heavy (non-hydrogen) atoms. The van der Waals surface area contributed by atoms with Gasteiger partial charge in [0.05, 0.1) is 6.33 Å². The van der Waals surface area contributed by atoms with Crippen LogP contribution in [0.5, 0.6) is 0 Å². The number of H-pyrrole nitrogens is 1. The van der Waals surface area contributed by atoms with E-state index in [0.717, 1.165) is 5.69 Å². The Balaban J connectivity index is 2.63. The van der Waals surface area contributed by atoms with E-state index >= 15 is 0 Å². The summed E-state index contributed by atoms with van der Waals surface area (Å²) in [5, 5.41) is 8.86. The lowest BCUT2D eigenvalue weighted by molar-refractivity contribution is -0.139. The van der Waals surface area contributed by atoms with Crippen LogP contribution in [0.1, 0.15) is 5.69 Å². The van der Waals surface area contributed by atoms with Gasteiger partial charge in [0.2, 0.25) is 0 Å². The lowest BCUT2D eigenvalue weighted by atomic mass is 10.2. The number of aromatic amines is 1. The Bertz CT molecular complexity index is 275. The van der Waals surface area contributed by atoms with Crippen molar-refractivity contribution in [1.29, 1.82) is 0 Å². The van der Waals surface area contributed by atoms with Crippen molar-refractivity contribution in [2.45, 2.75) is 12.5 Å². The molecule has 0 aliphatic rings. The summed E-state index contributed by atoms with van der Waals surface area (Å²) in [6.07, 6.45) is 3.60. The highest BCUT2D eigenvalue weighted by Crippen LogP contribution is 2.16. The standard InChI is InChI=1S/C6H7I2N3O2/c7-11(8)5(6(12)13)1-4-2-9-3-10-4/h2-3,5H,1H2,(H,9,10)(H,12,13)/t5-/m0/s1. The van der Waals surface area contributed by atoms with Crippen molar-refractivity contribution in [3.63, 3.8) is 0 Å². The average Bonchev–Trinajstić information content (AvgIpc) is 2.50. The first-order valence-electron chi connectivity index (χ1n) is 3.42. The zero-order valence-electron chi connectivity index (χ0n) is 6.44. The molecule has 72 valence electrons. The SMILES string of the molecule is O=C(O)[C@H](Cc1cnc[nH]1)N(I)I. The fraction of sp³-hybridized carbons (Fsp3) is 0.333. The van der Waals surface area contributed by atoms with Crippen LogP contribution in [0.2, 0.25) is 0 Å². The minimum absolute atomic E-state index is 0.432. The van der Waals surface area contributed by atoms with Crippen molar-refractivity contribution in [2.75, 3.05) is 0 Å². The van der Waals surface area contributed by atoms with Crippen LogP contribution in [-0.4, -0.2) is 28.4 Å². The molecule has 0 saturated heterocycles. The first-order valence-corrected chi connectivity index (χ1v) is 5.35. The normalized spacial score (nSPS) is 13.2. The molecule has 5 nitrogen and oxygen atoms in total. The number of hydrogen-bond donors (Lipinski definition) is 2. The molecule has 0 aliphatic heterocycles. The van der Waals surface area contributed by atoms with Gasteiger partial charge >= 0.3 is 5.97 Å². The maximum absolute atomic E-state index is 10.8. The molecule has 0 aliphatic carbocycles. The highest BCUT2D eigenvalue weighted by molar-refractivity contribution is 14.2. The first-order chi connectivity index (χ1) is 6.11. The van der Waals surface area contributed by atoms with Crippen LogP contribution in [0.4, 0.5) is 0 Å². The molecule has 7 heteroatoms. The van der Waals surface area contributed by atoms with E-state index in [1.807, 2.05) is 45.7 Å². The third-order valence-corrected chi connectivity index (χ3v) is 2.83. The van der Waals surface area contributed by atoms with Crippen LogP contribution in [0.15, 0.2) is 12.5 Å². The number of carboxylic acids is 1. The van der Waals surface area contributed by atoms with Crippen molar-refractivity contribution in [3.05, 3.63) is 18.2 Å². The largest absolute Gasteiger partial charge is 0.480 e. The monoisotopic (exact) mass is 407 g/mol. The molecule has 1 atom stereocenters. The summed E-state index contributed by atoms with van der Waals surface area (Å²) in [6.45, 7) is 0.